The second kappa shape index (κ2) is 16.2. The molecule has 2 aromatic carbocycles. The van der Waals surface area contributed by atoms with Crippen LogP contribution in [0.25, 0.3) is 11.1 Å². The van der Waals surface area contributed by atoms with Crippen molar-refractivity contribution in [3.8, 4) is 23.6 Å². The molecule has 2 aromatic rings. The number of unbranched alkanes of at least 4 members (excludes halogenated alkanes) is 1. The number of nitrogens with zero attached hydrogens (tertiary/aromatic N) is 2. The molecule has 8 nitrogen and oxygen atoms in total. The largest absolute Gasteiger partial charge is 0.497 e. The summed E-state index contributed by atoms with van der Waals surface area (Å²) in [5, 5.41) is 18.1. The predicted molar refractivity (Wildman–Crippen MR) is 140 cm³/mol. The van der Waals surface area contributed by atoms with Crippen LogP contribution in [-0.2, 0) is 19.1 Å². The average molecular weight is 505 g/mol. The zero-order valence-electron chi connectivity index (χ0n) is 22.1. The highest BCUT2D eigenvalue weighted by Crippen LogP contribution is 2.23. The molecule has 0 bridgehead atoms. The van der Waals surface area contributed by atoms with E-state index in [1.165, 1.54) is 7.11 Å². The Morgan fingerprint density at radius 1 is 0.730 bits per heavy atom. The number of allylic oxidation sites excluding steroid dienone is 2. The summed E-state index contributed by atoms with van der Waals surface area (Å²) in [4.78, 5) is 23.2. The highest BCUT2D eigenvalue weighted by atomic mass is 16.5. The minimum atomic E-state index is -0.624. The van der Waals surface area contributed by atoms with Crippen LogP contribution >= 0.6 is 0 Å². The van der Waals surface area contributed by atoms with Gasteiger partial charge in [-0.15, -0.1) is 0 Å². The van der Waals surface area contributed by atoms with Crippen molar-refractivity contribution in [2.45, 2.75) is 33.6 Å². The average Bonchev–Trinajstić information content (AvgIpc) is 2.94. The number of nitriles is 2. The Labute approximate surface area is 218 Å². The Bertz CT molecular complexity index is 1200. The minimum Gasteiger partial charge on any atom is -0.497 e. The summed E-state index contributed by atoms with van der Waals surface area (Å²) >= 11 is 0. The molecule has 37 heavy (non-hydrogen) atoms. The number of esters is 2. The van der Waals surface area contributed by atoms with Crippen molar-refractivity contribution in [2.24, 2.45) is 0 Å². The van der Waals surface area contributed by atoms with E-state index in [1.807, 2.05) is 31.2 Å². The lowest BCUT2D eigenvalue weighted by atomic mass is 10.0. The van der Waals surface area contributed by atoms with E-state index in [2.05, 4.69) is 4.74 Å². The van der Waals surface area contributed by atoms with Crippen molar-refractivity contribution in [2.75, 3.05) is 27.9 Å². The first-order chi connectivity index (χ1) is 17.8. The number of methoxy groups -OCH3 is 3. The van der Waals surface area contributed by atoms with Crippen LogP contribution in [0.4, 0.5) is 0 Å². The van der Waals surface area contributed by atoms with E-state index in [4.69, 9.17) is 24.7 Å². The Morgan fingerprint density at radius 2 is 1.14 bits per heavy atom. The van der Waals surface area contributed by atoms with Crippen LogP contribution in [-0.4, -0.2) is 39.9 Å². The van der Waals surface area contributed by atoms with E-state index in [-0.39, 0.29) is 11.1 Å². The number of hydrogen-bond donors (Lipinski definition) is 0. The third-order valence-electron chi connectivity index (χ3n) is 5.34. The highest BCUT2D eigenvalue weighted by molar-refractivity contribution is 6.01. The van der Waals surface area contributed by atoms with Crippen LogP contribution in [0.2, 0.25) is 0 Å². The summed E-state index contributed by atoms with van der Waals surface area (Å²) < 4.78 is 19.7. The van der Waals surface area contributed by atoms with Crippen LogP contribution in [0.3, 0.4) is 0 Å². The SMILES string of the molecule is CCCCOC(=O)C(C#N)=C(C)c1ccc(OC)cc1.COC(=O)C(C#N)=C(C)c1ccc(OC)cc1. The minimum absolute atomic E-state index is 0.0117. The zero-order valence-corrected chi connectivity index (χ0v) is 22.1. The van der Waals surface area contributed by atoms with Gasteiger partial charge in [0.05, 0.1) is 27.9 Å². The normalized spacial score (nSPS) is 11.2. The molecule has 0 radical (unpaired) electrons. The van der Waals surface area contributed by atoms with E-state index in [0.29, 0.717) is 17.8 Å². The molecule has 194 valence electrons. The first-order valence-electron chi connectivity index (χ1n) is 11.5. The molecule has 0 amide bonds. The van der Waals surface area contributed by atoms with E-state index in [0.717, 1.165) is 35.5 Å². The smallest absolute Gasteiger partial charge is 0.349 e. The Morgan fingerprint density at radius 3 is 1.46 bits per heavy atom. The second-order valence-corrected chi connectivity index (χ2v) is 7.66. The predicted octanol–water partition coefficient (Wildman–Crippen LogP) is 5.50. The molecule has 0 aromatic heterocycles. The Kier molecular flexibility index (Phi) is 13.3. The molecule has 0 spiro atoms. The number of carbonyl (C=O) groups excluding carboxylic acids is 2. The molecule has 0 aliphatic carbocycles. The third kappa shape index (κ3) is 9.19. The van der Waals surface area contributed by atoms with Crippen molar-refractivity contribution in [3.63, 3.8) is 0 Å². The van der Waals surface area contributed by atoms with Gasteiger partial charge in [-0.2, -0.15) is 10.5 Å². The molecule has 0 N–H and O–H groups in total. The van der Waals surface area contributed by atoms with Gasteiger partial charge in [-0.25, -0.2) is 9.59 Å². The fourth-order valence-corrected chi connectivity index (χ4v) is 3.02. The van der Waals surface area contributed by atoms with Crippen LogP contribution in [0.1, 0.15) is 44.7 Å². The van der Waals surface area contributed by atoms with Crippen LogP contribution < -0.4 is 9.47 Å². The van der Waals surface area contributed by atoms with Gasteiger partial charge < -0.3 is 18.9 Å². The zero-order chi connectivity index (χ0) is 27.8. The van der Waals surface area contributed by atoms with Crippen molar-refractivity contribution < 1.29 is 28.5 Å². The molecule has 0 saturated heterocycles. The molecular formula is C29H32N2O6. The summed E-state index contributed by atoms with van der Waals surface area (Å²) in [5.41, 5.74) is 2.84. The lowest BCUT2D eigenvalue weighted by Crippen LogP contribution is -2.09. The summed E-state index contributed by atoms with van der Waals surface area (Å²) in [6.07, 6.45) is 1.74. The summed E-state index contributed by atoms with van der Waals surface area (Å²) in [6, 6.07) is 18.1. The van der Waals surface area contributed by atoms with E-state index >= 15 is 0 Å². The molecule has 0 atom stereocenters. The first kappa shape index (κ1) is 30.5. The van der Waals surface area contributed by atoms with Gasteiger partial charge in [0.1, 0.15) is 34.8 Å². The number of carbonyl (C=O) groups is 2. The van der Waals surface area contributed by atoms with E-state index in [1.54, 1.807) is 64.5 Å². The number of hydrogen-bond acceptors (Lipinski definition) is 8. The molecule has 0 saturated carbocycles. The molecule has 0 aliphatic heterocycles. The monoisotopic (exact) mass is 504 g/mol. The summed E-state index contributed by atoms with van der Waals surface area (Å²) in [6.45, 7) is 5.80. The van der Waals surface area contributed by atoms with Crippen molar-refractivity contribution in [1.82, 2.24) is 0 Å². The standard InChI is InChI=1S/C16H19NO3.C13H13NO3/c1-4-5-10-20-16(18)15(11-17)12(2)13-6-8-14(19-3)9-7-13;1-9(12(8-14)13(15)17-3)10-4-6-11(16-2)7-5-10/h6-9H,4-5,10H2,1-3H3;4-7H,1-3H3. The number of ether oxygens (including phenoxy) is 4. The molecule has 0 unspecified atom stereocenters. The van der Waals surface area contributed by atoms with Crippen molar-refractivity contribution in [3.05, 3.63) is 70.8 Å². The van der Waals surface area contributed by atoms with Crippen LogP contribution in [0, 0.1) is 22.7 Å². The van der Waals surface area contributed by atoms with Crippen LogP contribution in [0.5, 0.6) is 11.5 Å². The first-order valence-corrected chi connectivity index (χ1v) is 11.5. The second-order valence-electron chi connectivity index (χ2n) is 7.66. The lowest BCUT2D eigenvalue weighted by molar-refractivity contribution is -0.138. The molecule has 0 fully saturated rings. The van der Waals surface area contributed by atoms with Gasteiger partial charge in [-0.3, -0.25) is 0 Å². The summed E-state index contributed by atoms with van der Waals surface area (Å²) in [7, 11) is 4.41. The highest BCUT2D eigenvalue weighted by Gasteiger charge is 2.15. The molecule has 8 heteroatoms. The third-order valence-corrected chi connectivity index (χ3v) is 5.34. The Balaban J connectivity index is 0.000000375. The van der Waals surface area contributed by atoms with Gasteiger partial charge in [0, 0.05) is 0 Å². The van der Waals surface area contributed by atoms with Gasteiger partial charge in [0.2, 0.25) is 0 Å². The van der Waals surface area contributed by atoms with Gasteiger partial charge in [0.15, 0.2) is 0 Å². The fraction of sp³-hybridized carbons (Fsp3) is 0.310. The maximum atomic E-state index is 11.9. The van der Waals surface area contributed by atoms with E-state index < -0.39 is 11.9 Å². The summed E-state index contributed by atoms with van der Waals surface area (Å²) in [5.74, 6) is 0.263. The quantitative estimate of drug-likeness (QED) is 0.190. The lowest BCUT2D eigenvalue weighted by Gasteiger charge is -2.07. The van der Waals surface area contributed by atoms with Gasteiger partial charge in [-0.05, 0) is 66.8 Å². The molecule has 0 heterocycles. The van der Waals surface area contributed by atoms with Crippen LogP contribution in [0.15, 0.2) is 59.7 Å². The maximum Gasteiger partial charge on any atom is 0.349 e. The van der Waals surface area contributed by atoms with Crippen molar-refractivity contribution in [1.29, 1.82) is 10.5 Å². The Hall–Kier alpha value is -4.56. The number of rotatable bonds is 9. The van der Waals surface area contributed by atoms with E-state index in [9.17, 15) is 9.59 Å². The maximum absolute atomic E-state index is 11.9. The van der Waals surface area contributed by atoms with Gasteiger partial charge in [-0.1, -0.05) is 37.6 Å². The molecular weight excluding hydrogens is 472 g/mol. The topological polar surface area (TPSA) is 119 Å². The molecule has 0 aliphatic rings. The van der Waals surface area contributed by atoms with Crippen molar-refractivity contribution >= 4 is 23.1 Å². The number of benzene rings is 2. The van der Waals surface area contributed by atoms with Gasteiger partial charge in [0.25, 0.3) is 0 Å². The fourth-order valence-electron chi connectivity index (χ4n) is 3.02. The molecule has 2 rings (SSSR count). The van der Waals surface area contributed by atoms with Gasteiger partial charge >= 0.3 is 11.9 Å².